The van der Waals surface area contributed by atoms with E-state index in [1.165, 1.54) is 22.4 Å². The van der Waals surface area contributed by atoms with Crippen LogP contribution in [-0.4, -0.2) is 11.2 Å². The van der Waals surface area contributed by atoms with E-state index in [-0.39, 0.29) is 0 Å². The highest BCUT2D eigenvalue weighted by molar-refractivity contribution is 5.62. The molecule has 1 rings (SSSR count). The number of aromatic nitrogens is 1. The van der Waals surface area contributed by atoms with Crippen molar-refractivity contribution in [3.63, 3.8) is 0 Å². The van der Waals surface area contributed by atoms with Crippen LogP contribution in [0, 0.1) is 0 Å². The molecule has 0 radical (unpaired) electrons. The molecule has 0 unspecified atom stereocenters. The third-order valence-electron chi connectivity index (χ3n) is 1.05. The second-order valence-corrected chi connectivity index (χ2v) is 1.70. The van der Waals surface area contributed by atoms with Crippen molar-refractivity contribution in [1.82, 2.24) is 5.48 Å². The van der Waals surface area contributed by atoms with Gasteiger partial charge in [-0.3, -0.25) is 0 Å². The first-order chi connectivity index (χ1) is 4.84. The first-order valence-electron chi connectivity index (χ1n) is 2.75. The molecule has 0 atom stereocenters. The van der Waals surface area contributed by atoms with Crippen LogP contribution in [0.15, 0.2) is 30.6 Å². The zero-order valence-corrected chi connectivity index (χ0v) is 5.19. The molecule has 0 bridgehead atoms. The summed E-state index contributed by atoms with van der Waals surface area (Å²) in [6, 6.07) is 4.59. The smallest absolute Gasteiger partial charge is 0.209 e. The number of rotatable bonds is 0. The van der Waals surface area contributed by atoms with E-state index < -0.39 is 6.03 Å². The topological polar surface area (TPSA) is 53.2 Å². The summed E-state index contributed by atoms with van der Waals surface area (Å²) in [4.78, 5) is 10.6. The molecule has 1 heterocycles. The number of nitrogens with zero attached hydrogens (tertiary/aromatic N) is 1. The normalized spacial score (nSPS) is 8.90. The van der Waals surface area contributed by atoms with Crippen LogP contribution in [0.3, 0.4) is 0 Å². The van der Waals surface area contributed by atoms with Gasteiger partial charge in [-0.1, -0.05) is 11.5 Å². The summed E-state index contributed by atoms with van der Waals surface area (Å²) in [7, 11) is 0. The Bertz CT molecular complexity index is 222. The lowest BCUT2D eigenvalue weighted by atomic mass is 10.5. The van der Waals surface area contributed by atoms with Crippen molar-refractivity contribution in [2.75, 3.05) is 0 Å². The van der Waals surface area contributed by atoms with Gasteiger partial charge in [-0.25, -0.2) is 5.21 Å². The molecule has 2 N–H and O–H groups in total. The summed E-state index contributed by atoms with van der Waals surface area (Å²) in [5, 5.41) is 8.17. The molecule has 4 heteroatoms. The van der Waals surface area contributed by atoms with Crippen LogP contribution < -0.4 is 10.0 Å². The van der Waals surface area contributed by atoms with Crippen molar-refractivity contribution >= 4 is 6.03 Å². The number of hydrogen-bond acceptors (Lipinski definition) is 2. The predicted molar refractivity (Wildman–Crippen MR) is 32.4 cm³/mol. The Morgan fingerprint density at radius 1 is 1.30 bits per heavy atom. The maximum atomic E-state index is 10.6. The van der Waals surface area contributed by atoms with Crippen molar-refractivity contribution in [3.8, 4) is 0 Å². The molecular weight excluding hydrogens is 132 g/mol. The fourth-order valence-electron chi connectivity index (χ4n) is 0.592. The number of carbonyl (C=O) groups is 1. The Kier molecular flexibility index (Phi) is 1.96. The van der Waals surface area contributed by atoms with Gasteiger partial charge in [-0.05, 0) is 12.1 Å². The number of amides is 1. The molecule has 1 amide bonds. The van der Waals surface area contributed by atoms with E-state index in [1.54, 1.807) is 18.2 Å². The number of nitrogens with one attached hydrogen (secondary N) is 1. The summed E-state index contributed by atoms with van der Waals surface area (Å²) in [6.07, 6.45) is 3.07. The van der Waals surface area contributed by atoms with Gasteiger partial charge in [0.2, 0.25) is 0 Å². The van der Waals surface area contributed by atoms with E-state index in [0.717, 1.165) is 0 Å². The Morgan fingerprint density at radius 2 is 1.90 bits per heavy atom. The summed E-state index contributed by atoms with van der Waals surface area (Å²) in [5.41, 5.74) is 1.51. The SMILES string of the molecule is O=C(NO)[n+]1ccccc1. The zero-order valence-electron chi connectivity index (χ0n) is 5.19. The van der Waals surface area contributed by atoms with Crippen LogP contribution in [0.2, 0.25) is 0 Å². The van der Waals surface area contributed by atoms with Gasteiger partial charge in [0.1, 0.15) is 0 Å². The minimum atomic E-state index is -0.569. The highest BCUT2D eigenvalue weighted by Crippen LogP contribution is 1.75. The van der Waals surface area contributed by atoms with Gasteiger partial charge < -0.3 is 0 Å². The molecule has 0 saturated carbocycles. The van der Waals surface area contributed by atoms with Gasteiger partial charge >= 0.3 is 6.03 Å². The van der Waals surface area contributed by atoms with Gasteiger partial charge in [-0.15, -0.1) is 0 Å². The van der Waals surface area contributed by atoms with Crippen LogP contribution in [0.1, 0.15) is 0 Å². The largest absolute Gasteiger partial charge is 0.525 e. The van der Waals surface area contributed by atoms with Crippen LogP contribution in [0.4, 0.5) is 4.79 Å². The first-order valence-corrected chi connectivity index (χ1v) is 2.75. The Morgan fingerprint density at radius 3 is 2.40 bits per heavy atom. The third kappa shape index (κ3) is 1.29. The van der Waals surface area contributed by atoms with Crippen molar-refractivity contribution in [2.45, 2.75) is 0 Å². The lowest BCUT2D eigenvalue weighted by molar-refractivity contribution is -0.575. The molecule has 0 saturated heterocycles. The van der Waals surface area contributed by atoms with Gasteiger partial charge in [-0.2, -0.15) is 9.36 Å². The van der Waals surface area contributed by atoms with E-state index in [0.29, 0.717) is 0 Å². The number of pyridine rings is 1. The highest BCUT2D eigenvalue weighted by Gasteiger charge is 2.07. The lowest BCUT2D eigenvalue weighted by Gasteiger charge is -1.89. The maximum Gasteiger partial charge on any atom is 0.525 e. The Labute approximate surface area is 57.7 Å². The molecule has 1 aromatic heterocycles. The quantitative estimate of drug-likeness (QED) is 0.300. The standard InChI is InChI=1S/C6H6N2O2/c9-6(7-10)8-4-2-1-3-5-8/h1-5H,(H-,7,9,10)/p+1. The monoisotopic (exact) mass is 139 g/mol. The van der Waals surface area contributed by atoms with Crippen molar-refractivity contribution in [1.29, 1.82) is 0 Å². The van der Waals surface area contributed by atoms with Gasteiger partial charge in [0.25, 0.3) is 0 Å². The fraction of sp³-hybridized carbons (Fsp3) is 0. The van der Waals surface area contributed by atoms with E-state index in [9.17, 15) is 4.79 Å². The van der Waals surface area contributed by atoms with Gasteiger partial charge in [0.15, 0.2) is 0 Å². The first kappa shape index (κ1) is 6.70. The van der Waals surface area contributed by atoms with Crippen molar-refractivity contribution in [2.24, 2.45) is 0 Å². The molecule has 1 aromatic rings. The third-order valence-corrected chi connectivity index (χ3v) is 1.05. The zero-order chi connectivity index (χ0) is 7.40. The average molecular weight is 139 g/mol. The molecule has 0 fully saturated rings. The van der Waals surface area contributed by atoms with Crippen LogP contribution in [0.5, 0.6) is 0 Å². The predicted octanol–water partition coefficient (Wildman–Crippen LogP) is -0.0790. The Balaban J connectivity index is 2.85. The number of carbonyl (C=O) groups excluding carboxylic acids is 1. The van der Waals surface area contributed by atoms with E-state index in [1.807, 2.05) is 0 Å². The number of hydrogen-bond donors (Lipinski definition) is 2. The molecule has 0 aliphatic carbocycles. The molecule has 4 nitrogen and oxygen atoms in total. The summed E-state index contributed by atoms with van der Waals surface area (Å²) >= 11 is 0. The number of hydroxylamine groups is 1. The summed E-state index contributed by atoms with van der Waals surface area (Å²) in [5.74, 6) is 0. The lowest BCUT2D eigenvalue weighted by Crippen LogP contribution is -2.48. The van der Waals surface area contributed by atoms with E-state index in [4.69, 9.17) is 5.21 Å². The van der Waals surface area contributed by atoms with Crippen LogP contribution in [-0.2, 0) is 0 Å². The molecule has 0 aliphatic heterocycles. The molecule has 0 aliphatic rings. The van der Waals surface area contributed by atoms with Gasteiger partial charge in [0.05, 0.1) is 12.4 Å². The second-order valence-electron chi connectivity index (χ2n) is 1.70. The fourth-order valence-corrected chi connectivity index (χ4v) is 0.592. The summed E-state index contributed by atoms with van der Waals surface area (Å²) < 4.78 is 1.22. The van der Waals surface area contributed by atoms with Crippen LogP contribution >= 0.6 is 0 Å². The second kappa shape index (κ2) is 2.93. The van der Waals surface area contributed by atoms with Crippen molar-refractivity contribution < 1.29 is 14.6 Å². The molecular formula is C6H7N2O2+. The molecule has 10 heavy (non-hydrogen) atoms. The van der Waals surface area contributed by atoms with E-state index >= 15 is 0 Å². The maximum absolute atomic E-state index is 10.6. The molecule has 0 spiro atoms. The average Bonchev–Trinajstić information content (AvgIpc) is 2.05. The van der Waals surface area contributed by atoms with Gasteiger partial charge in [0, 0.05) is 0 Å². The molecule has 0 aromatic carbocycles. The van der Waals surface area contributed by atoms with Crippen molar-refractivity contribution in [3.05, 3.63) is 30.6 Å². The molecule has 52 valence electrons. The van der Waals surface area contributed by atoms with E-state index in [2.05, 4.69) is 0 Å². The minimum absolute atomic E-state index is 0.569. The summed E-state index contributed by atoms with van der Waals surface area (Å²) in [6.45, 7) is 0. The Hall–Kier alpha value is -1.42. The highest BCUT2D eigenvalue weighted by atomic mass is 16.5. The minimum Gasteiger partial charge on any atom is -0.209 e. The van der Waals surface area contributed by atoms with Crippen LogP contribution in [0.25, 0.3) is 0 Å².